The van der Waals surface area contributed by atoms with E-state index in [0.717, 1.165) is 0 Å². The summed E-state index contributed by atoms with van der Waals surface area (Å²) in [5, 5.41) is 20.0. The lowest BCUT2D eigenvalue weighted by atomic mass is 10.0. The summed E-state index contributed by atoms with van der Waals surface area (Å²) in [5.74, 6) is -0.774. The highest BCUT2D eigenvalue weighted by Gasteiger charge is 2.46. The van der Waals surface area contributed by atoms with E-state index in [4.69, 9.17) is 14.9 Å². The molecule has 0 aromatic carbocycles. The van der Waals surface area contributed by atoms with Gasteiger partial charge in [0.25, 0.3) is 0 Å². The highest BCUT2D eigenvalue weighted by atomic mass is 28.4. The summed E-state index contributed by atoms with van der Waals surface area (Å²) in [6, 6.07) is 3.52. The van der Waals surface area contributed by atoms with Gasteiger partial charge in [-0.2, -0.15) is 10.2 Å². The van der Waals surface area contributed by atoms with Gasteiger partial charge in [0, 0.05) is 6.20 Å². The Kier molecular flexibility index (Phi) is 6.01. The quantitative estimate of drug-likeness (QED) is 0.732. The molecule has 1 saturated carbocycles. The fourth-order valence-corrected chi connectivity index (χ4v) is 6.72. The number of hydrogen-bond donors (Lipinski definition) is 2. The van der Waals surface area contributed by atoms with E-state index in [1.807, 2.05) is 0 Å². The number of nitriles is 1. The van der Waals surface area contributed by atoms with Crippen LogP contribution in [0.3, 0.4) is 0 Å². The van der Waals surface area contributed by atoms with Crippen molar-refractivity contribution < 1.29 is 14.3 Å². The van der Waals surface area contributed by atoms with Gasteiger partial charge in [0.1, 0.15) is 23.9 Å². The molecule has 1 aliphatic heterocycles. The normalized spacial score (nSPS) is 29.6. The predicted molar refractivity (Wildman–Crippen MR) is 102 cm³/mol. The maximum Gasteiger partial charge on any atom is 0.351 e. The van der Waals surface area contributed by atoms with Gasteiger partial charge in [0.2, 0.25) is 0 Å². The molecule has 1 aromatic heterocycles. The average molecular weight is 393 g/mol. The average Bonchev–Trinajstić information content (AvgIpc) is 2.96. The molecule has 1 aliphatic carbocycles. The lowest BCUT2D eigenvalue weighted by Gasteiger charge is -2.35. The van der Waals surface area contributed by atoms with E-state index < -0.39 is 38.4 Å². The van der Waals surface area contributed by atoms with Crippen molar-refractivity contribution in [3.05, 3.63) is 22.7 Å². The van der Waals surface area contributed by atoms with E-state index in [1.165, 1.54) is 48.9 Å². The SMILES string of the molecule is C[Si](C)(OC[C@H]1O[C@@H](n2ccc(N)nc2=O)[C@@H](C#N)[C@@H]1O)C1CCCCC1. The minimum absolute atomic E-state index is 0.100. The Hall–Kier alpha value is -1.73. The fourth-order valence-electron chi connectivity index (χ4n) is 4.09. The largest absolute Gasteiger partial charge is 0.414 e. The smallest absolute Gasteiger partial charge is 0.351 e. The number of aromatic nitrogens is 2. The van der Waals surface area contributed by atoms with E-state index in [9.17, 15) is 15.2 Å². The predicted octanol–water partition coefficient (Wildman–Crippen LogP) is 1.78. The van der Waals surface area contributed by atoms with Crippen molar-refractivity contribution in [1.29, 1.82) is 5.26 Å². The maximum absolute atomic E-state index is 12.1. The number of aliphatic hydroxyl groups excluding tert-OH is 1. The molecule has 3 rings (SSSR count). The summed E-state index contributed by atoms with van der Waals surface area (Å²) in [5.41, 5.74) is 5.52. The highest BCUT2D eigenvalue weighted by molar-refractivity contribution is 6.72. The topological polar surface area (TPSA) is 123 Å². The molecular weight excluding hydrogens is 364 g/mol. The summed E-state index contributed by atoms with van der Waals surface area (Å²) in [4.78, 5) is 15.8. The van der Waals surface area contributed by atoms with Crippen molar-refractivity contribution in [1.82, 2.24) is 9.55 Å². The van der Waals surface area contributed by atoms with E-state index >= 15 is 0 Å². The van der Waals surface area contributed by atoms with Crippen LogP contribution in [0.25, 0.3) is 0 Å². The fraction of sp³-hybridized carbons (Fsp3) is 0.722. The molecule has 2 fully saturated rings. The first-order valence-electron chi connectivity index (χ1n) is 9.55. The number of anilines is 1. The van der Waals surface area contributed by atoms with Crippen molar-refractivity contribution in [3.63, 3.8) is 0 Å². The van der Waals surface area contributed by atoms with E-state index in [1.54, 1.807) is 0 Å². The maximum atomic E-state index is 12.1. The molecule has 8 nitrogen and oxygen atoms in total. The van der Waals surface area contributed by atoms with Crippen molar-refractivity contribution in [3.8, 4) is 6.07 Å². The molecule has 148 valence electrons. The lowest BCUT2D eigenvalue weighted by Crippen LogP contribution is -2.42. The summed E-state index contributed by atoms with van der Waals surface area (Å²) in [6.07, 6.45) is 5.04. The van der Waals surface area contributed by atoms with Gasteiger partial charge in [-0.1, -0.05) is 32.1 Å². The summed E-state index contributed by atoms with van der Waals surface area (Å²) >= 11 is 0. The molecule has 27 heavy (non-hydrogen) atoms. The number of nitrogen functional groups attached to an aromatic ring is 1. The highest BCUT2D eigenvalue weighted by Crippen LogP contribution is 2.39. The molecule has 1 saturated heterocycles. The zero-order valence-electron chi connectivity index (χ0n) is 15.9. The molecular formula is C18H28N4O4Si. The van der Waals surface area contributed by atoms with E-state index in [0.29, 0.717) is 5.54 Å². The third-order valence-electron chi connectivity index (χ3n) is 5.85. The number of hydrogen-bond acceptors (Lipinski definition) is 7. The van der Waals surface area contributed by atoms with Gasteiger partial charge >= 0.3 is 5.69 Å². The Morgan fingerprint density at radius 1 is 1.44 bits per heavy atom. The summed E-state index contributed by atoms with van der Waals surface area (Å²) < 4.78 is 13.4. The van der Waals surface area contributed by atoms with Crippen LogP contribution in [-0.2, 0) is 9.16 Å². The second kappa shape index (κ2) is 8.10. The first kappa shape index (κ1) is 20.0. The molecule has 0 radical (unpaired) electrons. The molecule has 9 heteroatoms. The second-order valence-electron chi connectivity index (χ2n) is 8.00. The number of aliphatic hydroxyl groups is 1. The number of rotatable bonds is 5. The van der Waals surface area contributed by atoms with Crippen LogP contribution in [-0.4, -0.2) is 41.8 Å². The van der Waals surface area contributed by atoms with Crippen molar-refractivity contribution in [2.45, 2.75) is 69.2 Å². The van der Waals surface area contributed by atoms with Crippen LogP contribution in [0, 0.1) is 17.2 Å². The van der Waals surface area contributed by atoms with Crippen molar-refractivity contribution in [2.24, 2.45) is 5.92 Å². The molecule has 0 bridgehead atoms. The zero-order valence-corrected chi connectivity index (χ0v) is 16.9. The molecule has 0 spiro atoms. The zero-order chi connectivity index (χ0) is 19.6. The van der Waals surface area contributed by atoms with Crippen LogP contribution in [0.4, 0.5) is 5.82 Å². The third-order valence-corrected chi connectivity index (χ3v) is 9.31. The van der Waals surface area contributed by atoms with Crippen LogP contribution in [0.5, 0.6) is 0 Å². The van der Waals surface area contributed by atoms with Crippen LogP contribution >= 0.6 is 0 Å². The first-order valence-corrected chi connectivity index (χ1v) is 12.5. The molecule has 3 N–H and O–H groups in total. The van der Waals surface area contributed by atoms with Crippen LogP contribution in [0.1, 0.15) is 38.3 Å². The number of nitrogens with zero attached hydrogens (tertiary/aromatic N) is 3. The van der Waals surface area contributed by atoms with E-state index in [2.05, 4.69) is 24.1 Å². The molecule has 2 heterocycles. The molecule has 2 aliphatic rings. The lowest BCUT2D eigenvalue weighted by molar-refractivity contribution is -0.0441. The molecule has 4 atom stereocenters. The van der Waals surface area contributed by atoms with Crippen LogP contribution in [0.2, 0.25) is 18.6 Å². The monoisotopic (exact) mass is 392 g/mol. The van der Waals surface area contributed by atoms with Gasteiger partial charge in [0.05, 0.1) is 12.7 Å². The Morgan fingerprint density at radius 2 is 2.15 bits per heavy atom. The Bertz CT molecular complexity index is 756. The summed E-state index contributed by atoms with van der Waals surface area (Å²) in [6.45, 7) is 4.64. The number of ether oxygens (including phenoxy) is 1. The number of nitrogens with two attached hydrogens (primary N) is 1. The van der Waals surface area contributed by atoms with Crippen molar-refractivity contribution >= 4 is 14.1 Å². The van der Waals surface area contributed by atoms with Crippen LogP contribution in [0.15, 0.2) is 17.1 Å². The Balaban J connectivity index is 1.70. The Labute approximate surface area is 160 Å². The van der Waals surface area contributed by atoms with Gasteiger partial charge in [0.15, 0.2) is 14.5 Å². The van der Waals surface area contributed by atoms with Crippen molar-refractivity contribution in [2.75, 3.05) is 12.3 Å². The Morgan fingerprint density at radius 3 is 2.78 bits per heavy atom. The van der Waals surface area contributed by atoms with Gasteiger partial charge < -0.3 is 20.0 Å². The molecule has 0 amide bonds. The van der Waals surface area contributed by atoms with Gasteiger partial charge in [-0.05, 0) is 24.7 Å². The summed E-state index contributed by atoms with van der Waals surface area (Å²) in [7, 11) is -1.92. The molecule has 0 unspecified atom stereocenters. The van der Waals surface area contributed by atoms with E-state index in [-0.39, 0.29) is 12.4 Å². The third kappa shape index (κ3) is 4.24. The minimum atomic E-state index is -1.92. The molecule has 1 aromatic rings. The minimum Gasteiger partial charge on any atom is -0.414 e. The first-order chi connectivity index (χ1) is 12.8. The van der Waals surface area contributed by atoms with Gasteiger partial charge in [-0.3, -0.25) is 4.57 Å². The standard InChI is InChI=1S/C18H28N4O4Si/c1-27(2,12-6-4-3-5-7-12)25-11-14-16(23)13(10-19)17(26-14)22-9-8-15(20)21-18(22)24/h8-9,12-14,16-17,23H,3-7,11H2,1-2H3,(H2,20,21,24)/t13-,14+,16-,17+/m0/s1. The van der Waals surface area contributed by atoms with Gasteiger partial charge in [-0.15, -0.1) is 0 Å². The van der Waals surface area contributed by atoms with Crippen LogP contribution < -0.4 is 11.4 Å². The van der Waals surface area contributed by atoms with Gasteiger partial charge in [-0.25, -0.2) is 4.79 Å². The second-order valence-corrected chi connectivity index (χ2v) is 12.3.